The second-order valence-electron chi connectivity index (χ2n) is 5.90. The molecule has 0 radical (unpaired) electrons. The summed E-state index contributed by atoms with van der Waals surface area (Å²) >= 11 is 1.48. The van der Waals surface area contributed by atoms with Gasteiger partial charge in [-0.25, -0.2) is 9.18 Å². The Balaban J connectivity index is 1.77. The maximum absolute atomic E-state index is 13.8. The third-order valence-corrected chi connectivity index (χ3v) is 5.44. The number of aromatic nitrogens is 1. The largest absolute Gasteiger partial charge is 0.494 e. The number of ether oxygens (including phenoxy) is 2. The van der Waals surface area contributed by atoms with Crippen LogP contribution in [0.2, 0.25) is 0 Å². The lowest BCUT2D eigenvalue weighted by molar-refractivity contribution is 0.0474. The van der Waals surface area contributed by atoms with Gasteiger partial charge in [-0.05, 0) is 49.7 Å². The quantitative estimate of drug-likeness (QED) is 0.466. The molecule has 140 valence electrons. The number of rotatable bonds is 6. The standard InChI is InChI=1S/C20H18FNO4S/c1-12-13(2)27-19(22-8-4-5-9-22)18(12)20(24)26-11-16(23)14-6-7-17(25-3)15(21)10-14/h4-10H,11H2,1-3H3. The summed E-state index contributed by atoms with van der Waals surface area (Å²) in [4.78, 5) is 25.9. The number of benzene rings is 1. The molecule has 0 aliphatic rings. The van der Waals surface area contributed by atoms with Gasteiger partial charge in [0.05, 0.1) is 12.7 Å². The highest BCUT2D eigenvalue weighted by Gasteiger charge is 2.23. The minimum absolute atomic E-state index is 0.0456. The first-order valence-electron chi connectivity index (χ1n) is 8.19. The first kappa shape index (κ1) is 18.8. The molecule has 0 aliphatic carbocycles. The molecule has 0 saturated heterocycles. The molecule has 27 heavy (non-hydrogen) atoms. The number of carbonyl (C=O) groups is 2. The average molecular weight is 387 g/mol. The molecule has 0 aliphatic heterocycles. The number of methoxy groups -OCH3 is 1. The van der Waals surface area contributed by atoms with Crippen LogP contribution in [0.4, 0.5) is 4.39 Å². The Kier molecular flexibility index (Phi) is 5.41. The minimum Gasteiger partial charge on any atom is -0.494 e. The number of hydrogen-bond donors (Lipinski definition) is 0. The molecular weight excluding hydrogens is 369 g/mol. The monoisotopic (exact) mass is 387 g/mol. The van der Waals surface area contributed by atoms with Crippen molar-refractivity contribution in [3.63, 3.8) is 0 Å². The lowest BCUT2D eigenvalue weighted by atomic mass is 10.1. The van der Waals surface area contributed by atoms with Gasteiger partial charge in [-0.3, -0.25) is 4.79 Å². The van der Waals surface area contributed by atoms with Crippen molar-refractivity contribution in [1.82, 2.24) is 4.57 Å². The number of thiophene rings is 1. The Hall–Kier alpha value is -2.93. The van der Waals surface area contributed by atoms with E-state index in [1.807, 2.05) is 42.9 Å². The summed E-state index contributed by atoms with van der Waals surface area (Å²) < 4.78 is 25.6. The summed E-state index contributed by atoms with van der Waals surface area (Å²) in [5.41, 5.74) is 1.36. The molecule has 5 nitrogen and oxygen atoms in total. The van der Waals surface area contributed by atoms with E-state index in [9.17, 15) is 14.0 Å². The van der Waals surface area contributed by atoms with E-state index < -0.39 is 24.2 Å². The Morgan fingerprint density at radius 2 is 1.89 bits per heavy atom. The zero-order chi connectivity index (χ0) is 19.6. The van der Waals surface area contributed by atoms with Crippen molar-refractivity contribution in [3.05, 3.63) is 70.1 Å². The van der Waals surface area contributed by atoms with Crippen molar-refractivity contribution in [2.75, 3.05) is 13.7 Å². The summed E-state index contributed by atoms with van der Waals surface area (Å²) in [6.07, 6.45) is 3.68. The number of carbonyl (C=O) groups excluding carboxylic acids is 2. The summed E-state index contributed by atoms with van der Waals surface area (Å²) in [6.45, 7) is 3.30. The van der Waals surface area contributed by atoms with Crippen molar-refractivity contribution >= 4 is 23.1 Å². The van der Waals surface area contributed by atoms with Gasteiger partial charge in [0.1, 0.15) is 5.00 Å². The lowest BCUT2D eigenvalue weighted by Crippen LogP contribution is -2.16. The highest BCUT2D eigenvalue weighted by Crippen LogP contribution is 2.31. The van der Waals surface area contributed by atoms with Crippen LogP contribution in [0, 0.1) is 19.7 Å². The van der Waals surface area contributed by atoms with E-state index >= 15 is 0 Å². The lowest BCUT2D eigenvalue weighted by Gasteiger charge is -2.08. The van der Waals surface area contributed by atoms with Gasteiger partial charge < -0.3 is 14.0 Å². The minimum atomic E-state index is -0.645. The molecular formula is C20H18FNO4S. The fourth-order valence-corrected chi connectivity index (χ4v) is 3.74. The van der Waals surface area contributed by atoms with E-state index in [0.29, 0.717) is 5.56 Å². The molecule has 2 aromatic heterocycles. The van der Waals surface area contributed by atoms with E-state index in [-0.39, 0.29) is 11.3 Å². The molecule has 0 saturated carbocycles. The fraction of sp³-hybridized carbons (Fsp3) is 0.200. The van der Waals surface area contributed by atoms with Gasteiger partial charge in [-0.1, -0.05) is 0 Å². The number of Topliss-reactive ketones (excluding diaryl/α,β-unsaturated/α-hetero) is 1. The van der Waals surface area contributed by atoms with Crippen molar-refractivity contribution in [2.24, 2.45) is 0 Å². The number of nitrogens with zero attached hydrogens (tertiary/aromatic N) is 1. The summed E-state index contributed by atoms with van der Waals surface area (Å²) in [6, 6.07) is 7.59. The number of aryl methyl sites for hydroxylation is 1. The highest BCUT2D eigenvalue weighted by atomic mass is 32.1. The zero-order valence-corrected chi connectivity index (χ0v) is 15.9. The maximum Gasteiger partial charge on any atom is 0.341 e. The SMILES string of the molecule is COc1ccc(C(=O)COC(=O)c2c(-n3cccc3)sc(C)c2C)cc1F. The molecule has 3 rings (SSSR count). The third kappa shape index (κ3) is 3.78. The molecule has 3 aromatic rings. The number of halogens is 1. The van der Waals surface area contributed by atoms with E-state index in [2.05, 4.69) is 0 Å². The van der Waals surface area contributed by atoms with Crippen molar-refractivity contribution in [1.29, 1.82) is 0 Å². The van der Waals surface area contributed by atoms with Gasteiger partial charge in [0, 0.05) is 22.8 Å². The van der Waals surface area contributed by atoms with E-state index in [1.165, 1.54) is 30.6 Å². The van der Waals surface area contributed by atoms with Crippen LogP contribution in [0.5, 0.6) is 5.75 Å². The Labute approximate surface area is 160 Å². The molecule has 0 fully saturated rings. The summed E-state index contributed by atoms with van der Waals surface area (Å²) in [5.74, 6) is -1.67. The zero-order valence-electron chi connectivity index (χ0n) is 15.1. The Morgan fingerprint density at radius 3 is 2.52 bits per heavy atom. The molecule has 2 heterocycles. The van der Waals surface area contributed by atoms with Crippen LogP contribution in [-0.4, -0.2) is 30.0 Å². The normalized spacial score (nSPS) is 10.7. The summed E-state index contributed by atoms with van der Waals surface area (Å²) in [7, 11) is 1.34. The Morgan fingerprint density at radius 1 is 1.19 bits per heavy atom. The second-order valence-corrected chi connectivity index (χ2v) is 7.11. The van der Waals surface area contributed by atoms with Crippen LogP contribution < -0.4 is 4.74 Å². The van der Waals surface area contributed by atoms with Gasteiger partial charge in [0.25, 0.3) is 0 Å². The summed E-state index contributed by atoms with van der Waals surface area (Å²) in [5, 5.41) is 0.739. The first-order chi connectivity index (χ1) is 12.9. The number of hydrogen-bond acceptors (Lipinski definition) is 5. The number of ketones is 1. The van der Waals surface area contributed by atoms with Crippen LogP contribution >= 0.6 is 11.3 Å². The van der Waals surface area contributed by atoms with Gasteiger partial charge in [-0.2, -0.15) is 0 Å². The Bertz CT molecular complexity index is 992. The predicted molar refractivity (Wildman–Crippen MR) is 101 cm³/mol. The van der Waals surface area contributed by atoms with Crippen molar-refractivity contribution < 1.29 is 23.5 Å². The van der Waals surface area contributed by atoms with Gasteiger partial charge in [-0.15, -0.1) is 11.3 Å². The fourth-order valence-electron chi connectivity index (χ4n) is 2.63. The van der Waals surface area contributed by atoms with Crippen molar-refractivity contribution in [3.8, 4) is 10.8 Å². The molecule has 7 heteroatoms. The molecule has 0 spiro atoms. The van der Waals surface area contributed by atoms with E-state index in [1.54, 1.807) is 0 Å². The third-order valence-electron chi connectivity index (χ3n) is 4.22. The molecule has 0 N–H and O–H groups in total. The van der Waals surface area contributed by atoms with Crippen LogP contribution in [0.15, 0.2) is 42.7 Å². The number of esters is 1. The van der Waals surface area contributed by atoms with Crippen molar-refractivity contribution in [2.45, 2.75) is 13.8 Å². The van der Waals surface area contributed by atoms with E-state index in [4.69, 9.17) is 9.47 Å². The van der Waals surface area contributed by atoms with Crippen LogP contribution in [0.25, 0.3) is 5.00 Å². The average Bonchev–Trinajstić information content (AvgIpc) is 3.28. The maximum atomic E-state index is 13.8. The van der Waals surface area contributed by atoms with Gasteiger partial charge >= 0.3 is 5.97 Å². The second kappa shape index (κ2) is 7.75. The van der Waals surface area contributed by atoms with Gasteiger partial charge in [0.2, 0.25) is 0 Å². The molecule has 0 unspecified atom stereocenters. The first-order valence-corrected chi connectivity index (χ1v) is 9.01. The molecule has 1 aromatic carbocycles. The highest BCUT2D eigenvalue weighted by molar-refractivity contribution is 7.15. The smallest absolute Gasteiger partial charge is 0.341 e. The van der Waals surface area contributed by atoms with Crippen LogP contribution in [-0.2, 0) is 4.74 Å². The molecule has 0 bridgehead atoms. The van der Waals surface area contributed by atoms with Crippen LogP contribution in [0.3, 0.4) is 0 Å². The molecule has 0 amide bonds. The van der Waals surface area contributed by atoms with E-state index in [0.717, 1.165) is 21.5 Å². The van der Waals surface area contributed by atoms with Gasteiger partial charge in [0.15, 0.2) is 24.0 Å². The van der Waals surface area contributed by atoms with Crippen LogP contribution in [0.1, 0.15) is 31.2 Å². The molecule has 0 atom stereocenters. The topological polar surface area (TPSA) is 57.5 Å². The predicted octanol–water partition coefficient (Wildman–Crippen LogP) is 4.34.